The molecule has 0 fully saturated rings. The number of rotatable bonds is 5. The van der Waals surface area contributed by atoms with Gasteiger partial charge in [-0.1, -0.05) is 60.2 Å². The van der Waals surface area contributed by atoms with Crippen molar-refractivity contribution in [3.05, 3.63) is 99.6 Å². The maximum atomic E-state index is 13.5. The number of carbonyl (C=O) groups is 2. The fourth-order valence-electron chi connectivity index (χ4n) is 4.73. The van der Waals surface area contributed by atoms with Crippen LogP contribution in [0, 0.1) is 27.7 Å². The monoisotopic (exact) mass is 413 g/mol. The summed E-state index contributed by atoms with van der Waals surface area (Å²) in [7, 11) is 0. The number of fused-ring (bicyclic) bond motifs is 1. The predicted molar refractivity (Wildman–Crippen MR) is 122 cm³/mol. The second kappa shape index (κ2) is 7.78. The molecule has 0 bridgehead atoms. The number of aliphatic hydroxyl groups is 1. The minimum Gasteiger partial charge on any atom is -0.375 e. The number of nitrogens with zero attached hydrogens (tertiary/aromatic N) is 1. The van der Waals surface area contributed by atoms with Crippen LogP contribution in [0.4, 0.5) is 5.69 Å². The molecule has 31 heavy (non-hydrogen) atoms. The number of carbonyl (C=O) groups excluding carboxylic acids is 2. The maximum absolute atomic E-state index is 13.5. The molecule has 0 spiro atoms. The molecule has 0 radical (unpaired) electrons. The first-order valence-corrected chi connectivity index (χ1v) is 10.5. The highest BCUT2D eigenvalue weighted by Gasteiger charge is 2.51. The lowest BCUT2D eigenvalue weighted by molar-refractivity contribution is -0.136. The smallest absolute Gasteiger partial charge is 0.264 e. The van der Waals surface area contributed by atoms with E-state index in [0.717, 1.165) is 27.8 Å². The van der Waals surface area contributed by atoms with Crippen molar-refractivity contribution >= 4 is 17.4 Å². The number of hydrogen-bond acceptors (Lipinski definition) is 3. The molecule has 1 atom stereocenters. The van der Waals surface area contributed by atoms with Gasteiger partial charge in [0, 0.05) is 11.1 Å². The third kappa shape index (κ3) is 3.57. The number of para-hydroxylation sites is 1. The molecule has 1 N–H and O–H groups in total. The topological polar surface area (TPSA) is 57.6 Å². The summed E-state index contributed by atoms with van der Waals surface area (Å²) in [4.78, 5) is 28.4. The van der Waals surface area contributed by atoms with Crippen LogP contribution in [0.25, 0.3) is 0 Å². The van der Waals surface area contributed by atoms with Crippen LogP contribution in [0.3, 0.4) is 0 Å². The lowest BCUT2D eigenvalue weighted by Crippen LogP contribution is -2.41. The zero-order chi connectivity index (χ0) is 22.3. The standard InChI is InChI=1S/C27H27NO3/c1-17-13-19(3)25(20(4)14-17)24(29)15-27(31)22-11-7-8-12-23(22)28(26(27)30)16-21-10-6-5-9-18(21)2/h5-14,31H,15-16H2,1-4H3/t27-/m1/s1. The first-order chi connectivity index (χ1) is 14.7. The highest BCUT2D eigenvalue weighted by atomic mass is 16.3. The van der Waals surface area contributed by atoms with E-state index < -0.39 is 11.5 Å². The molecule has 0 unspecified atom stereocenters. The van der Waals surface area contributed by atoms with E-state index >= 15 is 0 Å². The van der Waals surface area contributed by atoms with Crippen LogP contribution < -0.4 is 4.90 Å². The van der Waals surface area contributed by atoms with Crippen LogP contribution in [-0.2, 0) is 16.9 Å². The first kappa shape index (κ1) is 21.0. The SMILES string of the molecule is Cc1cc(C)c(C(=O)C[C@]2(O)C(=O)N(Cc3ccccc3C)c3ccccc32)c(C)c1. The van der Waals surface area contributed by atoms with Crippen molar-refractivity contribution < 1.29 is 14.7 Å². The summed E-state index contributed by atoms with van der Waals surface area (Å²) in [5, 5.41) is 11.6. The summed E-state index contributed by atoms with van der Waals surface area (Å²) in [6.45, 7) is 8.13. The van der Waals surface area contributed by atoms with E-state index in [1.807, 2.05) is 76.2 Å². The third-order valence-corrected chi connectivity index (χ3v) is 6.20. The van der Waals surface area contributed by atoms with Crippen molar-refractivity contribution in [3.63, 3.8) is 0 Å². The molecular weight excluding hydrogens is 386 g/mol. The van der Waals surface area contributed by atoms with Gasteiger partial charge in [0.1, 0.15) is 0 Å². The Morgan fingerprint density at radius 1 is 0.903 bits per heavy atom. The second-order valence-electron chi connectivity index (χ2n) is 8.57. The molecule has 1 aliphatic rings. The minimum absolute atomic E-state index is 0.224. The van der Waals surface area contributed by atoms with E-state index in [1.54, 1.807) is 17.0 Å². The second-order valence-corrected chi connectivity index (χ2v) is 8.57. The van der Waals surface area contributed by atoms with Gasteiger partial charge in [-0.05, 0) is 56.0 Å². The number of aryl methyl sites for hydroxylation is 4. The van der Waals surface area contributed by atoms with Gasteiger partial charge in [-0.3, -0.25) is 9.59 Å². The van der Waals surface area contributed by atoms with Crippen LogP contribution in [0.5, 0.6) is 0 Å². The lowest BCUT2D eigenvalue weighted by atomic mass is 9.85. The van der Waals surface area contributed by atoms with Gasteiger partial charge < -0.3 is 10.0 Å². The van der Waals surface area contributed by atoms with E-state index in [-0.39, 0.29) is 12.2 Å². The summed E-state index contributed by atoms with van der Waals surface area (Å²) >= 11 is 0. The van der Waals surface area contributed by atoms with Gasteiger partial charge in [-0.2, -0.15) is 0 Å². The minimum atomic E-state index is -1.87. The molecule has 0 aliphatic carbocycles. The van der Waals surface area contributed by atoms with Gasteiger partial charge in [0.15, 0.2) is 11.4 Å². The van der Waals surface area contributed by atoms with Crippen molar-refractivity contribution in [2.75, 3.05) is 4.90 Å². The van der Waals surface area contributed by atoms with Crippen LogP contribution in [-0.4, -0.2) is 16.8 Å². The number of anilines is 1. The van der Waals surface area contributed by atoms with Crippen LogP contribution >= 0.6 is 0 Å². The molecule has 3 aromatic carbocycles. The maximum Gasteiger partial charge on any atom is 0.264 e. The fraction of sp³-hybridized carbons (Fsp3) is 0.259. The van der Waals surface area contributed by atoms with E-state index in [2.05, 4.69) is 0 Å². The number of Topliss-reactive ketones (excluding diaryl/α,β-unsaturated/α-hetero) is 1. The molecule has 4 rings (SSSR count). The van der Waals surface area contributed by atoms with E-state index in [4.69, 9.17) is 0 Å². The first-order valence-electron chi connectivity index (χ1n) is 10.5. The summed E-state index contributed by atoms with van der Waals surface area (Å²) in [6.07, 6.45) is -0.280. The van der Waals surface area contributed by atoms with Crippen LogP contribution in [0.1, 0.15) is 50.2 Å². The lowest BCUT2D eigenvalue weighted by Gasteiger charge is -2.24. The van der Waals surface area contributed by atoms with Gasteiger partial charge in [0.05, 0.1) is 18.7 Å². The normalized spacial score (nSPS) is 17.7. The molecule has 158 valence electrons. The summed E-state index contributed by atoms with van der Waals surface area (Å²) in [5.41, 5.74) is 4.74. The Balaban J connectivity index is 1.72. The summed E-state index contributed by atoms with van der Waals surface area (Å²) in [5.74, 6) is -0.675. The number of amides is 1. The van der Waals surface area contributed by atoms with Gasteiger partial charge in [0.2, 0.25) is 0 Å². The summed E-state index contributed by atoms with van der Waals surface area (Å²) in [6, 6.07) is 19.0. The van der Waals surface area contributed by atoms with Crippen molar-refractivity contribution in [1.82, 2.24) is 0 Å². The Bertz CT molecular complexity index is 1170. The van der Waals surface area contributed by atoms with E-state index in [0.29, 0.717) is 23.4 Å². The Labute approximate surface area is 183 Å². The average Bonchev–Trinajstić information content (AvgIpc) is 2.91. The molecule has 0 aromatic heterocycles. The Kier molecular flexibility index (Phi) is 5.28. The van der Waals surface area contributed by atoms with Gasteiger partial charge in [-0.15, -0.1) is 0 Å². The van der Waals surface area contributed by atoms with Crippen LogP contribution in [0.15, 0.2) is 60.7 Å². The molecular formula is C27H27NO3. The number of ketones is 1. The van der Waals surface area contributed by atoms with E-state index in [1.165, 1.54) is 0 Å². The summed E-state index contributed by atoms with van der Waals surface area (Å²) < 4.78 is 0. The molecule has 1 aliphatic heterocycles. The fourth-order valence-corrected chi connectivity index (χ4v) is 4.73. The molecule has 4 heteroatoms. The highest BCUT2D eigenvalue weighted by molar-refractivity contribution is 6.11. The van der Waals surface area contributed by atoms with Crippen molar-refractivity contribution in [2.45, 2.75) is 46.3 Å². The van der Waals surface area contributed by atoms with Gasteiger partial charge in [-0.25, -0.2) is 0 Å². The predicted octanol–water partition coefficient (Wildman–Crippen LogP) is 4.93. The Morgan fingerprint density at radius 2 is 1.52 bits per heavy atom. The molecule has 1 amide bonds. The van der Waals surface area contributed by atoms with Crippen molar-refractivity contribution in [2.24, 2.45) is 0 Å². The van der Waals surface area contributed by atoms with Crippen LogP contribution in [0.2, 0.25) is 0 Å². The quantitative estimate of drug-likeness (QED) is 0.604. The average molecular weight is 414 g/mol. The van der Waals surface area contributed by atoms with E-state index in [9.17, 15) is 14.7 Å². The van der Waals surface area contributed by atoms with Gasteiger partial charge >= 0.3 is 0 Å². The molecule has 0 saturated carbocycles. The zero-order valence-electron chi connectivity index (χ0n) is 18.4. The Hall–Kier alpha value is -3.24. The third-order valence-electron chi connectivity index (χ3n) is 6.20. The molecule has 0 saturated heterocycles. The molecule has 4 nitrogen and oxygen atoms in total. The van der Waals surface area contributed by atoms with Crippen molar-refractivity contribution in [1.29, 1.82) is 0 Å². The Morgan fingerprint density at radius 3 is 2.19 bits per heavy atom. The molecule has 3 aromatic rings. The zero-order valence-corrected chi connectivity index (χ0v) is 18.4. The molecule has 1 heterocycles. The van der Waals surface area contributed by atoms with Crippen molar-refractivity contribution in [3.8, 4) is 0 Å². The largest absolute Gasteiger partial charge is 0.375 e. The number of hydrogen-bond donors (Lipinski definition) is 1. The highest BCUT2D eigenvalue weighted by Crippen LogP contribution is 2.44. The number of benzene rings is 3. The van der Waals surface area contributed by atoms with Gasteiger partial charge in [0.25, 0.3) is 5.91 Å².